The predicted molar refractivity (Wildman–Crippen MR) is 151 cm³/mol. The standard InChI is InChI=1S/C30H32F3N5O2/c1-5-21-14-16-22(17-15-21)38-27(34-25-12-8-6-10-23(25)28(38)39)20(2)37(19-18-36(3)4)29(40)35-26-13-9-7-11-24(26)30(31,32)33/h6-17,20H,5,18-19H2,1-4H3,(H,35,40). The summed E-state index contributed by atoms with van der Waals surface area (Å²) in [5, 5.41) is 2.87. The van der Waals surface area contributed by atoms with Crippen LogP contribution in [0.1, 0.15) is 36.8 Å². The van der Waals surface area contributed by atoms with Crippen LogP contribution in [0, 0.1) is 0 Å². The normalized spacial score (nSPS) is 12.5. The molecule has 0 aliphatic heterocycles. The molecular weight excluding hydrogens is 519 g/mol. The van der Waals surface area contributed by atoms with Crippen molar-refractivity contribution in [3.05, 3.63) is 100 Å². The number of alkyl halides is 3. The van der Waals surface area contributed by atoms with E-state index >= 15 is 0 Å². The van der Waals surface area contributed by atoms with Crippen molar-refractivity contribution >= 4 is 22.6 Å². The number of hydrogen-bond acceptors (Lipinski definition) is 4. The molecule has 4 aromatic rings. The fourth-order valence-corrected chi connectivity index (χ4v) is 4.50. The maximum Gasteiger partial charge on any atom is 0.418 e. The molecular formula is C30H32F3N5O2. The van der Waals surface area contributed by atoms with Crippen LogP contribution in [0.15, 0.2) is 77.6 Å². The SMILES string of the molecule is CCc1ccc(-n2c(C(C)N(CCN(C)C)C(=O)Nc3ccccc3C(F)(F)F)nc3ccccc3c2=O)cc1. The number of anilines is 1. The number of aromatic nitrogens is 2. The summed E-state index contributed by atoms with van der Waals surface area (Å²) in [6, 6.07) is 17.8. The Kier molecular flexibility index (Phi) is 8.58. The molecule has 7 nitrogen and oxygen atoms in total. The number of halogens is 3. The van der Waals surface area contributed by atoms with E-state index in [-0.39, 0.29) is 17.8 Å². The molecule has 210 valence electrons. The molecule has 1 N–H and O–H groups in total. The van der Waals surface area contributed by atoms with Gasteiger partial charge in [0.15, 0.2) is 0 Å². The van der Waals surface area contributed by atoms with Gasteiger partial charge in [-0.3, -0.25) is 9.36 Å². The Morgan fingerprint density at radius 2 is 1.62 bits per heavy atom. The first kappa shape index (κ1) is 28.8. The third kappa shape index (κ3) is 6.17. The summed E-state index contributed by atoms with van der Waals surface area (Å²) >= 11 is 0. The zero-order valence-corrected chi connectivity index (χ0v) is 22.9. The Morgan fingerprint density at radius 3 is 2.27 bits per heavy atom. The molecule has 1 atom stereocenters. The molecule has 1 unspecified atom stereocenters. The number of nitrogens with one attached hydrogen (secondary N) is 1. The highest BCUT2D eigenvalue weighted by Crippen LogP contribution is 2.35. The van der Waals surface area contributed by atoms with E-state index in [4.69, 9.17) is 4.98 Å². The number of fused-ring (bicyclic) bond motifs is 1. The van der Waals surface area contributed by atoms with E-state index in [1.807, 2.05) is 50.2 Å². The number of carbonyl (C=O) groups is 1. The molecule has 0 saturated carbocycles. The monoisotopic (exact) mass is 551 g/mol. The highest BCUT2D eigenvalue weighted by Gasteiger charge is 2.35. The number of carbonyl (C=O) groups excluding carboxylic acids is 1. The fourth-order valence-electron chi connectivity index (χ4n) is 4.50. The summed E-state index contributed by atoms with van der Waals surface area (Å²) in [5.41, 5.74) is 0.549. The molecule has 0 radical (unpaired) electrons. The zero-order valence-electron chi connectivity index (χ0n) is 22.9. The van der Waals surface area contributed by atoms with Crippen LogP contribution in [0.2, 0.25) is 0 Å². The summed E-state index contributed by atoms with van der Waals surface area (Å²) in [4.78, 5) is 35.5. The van der Waals surface area contributed by atoms with Crippen LogP contribution in [0.4, 0.5) is 23.7 Å². The highest BCUT2D eigenvalue weighted by atomic mass is 19.4. The van der Waals surface area contributed by atoms with Gasteiger partial charge in [-0.1, -0.05) is 43.3 Å². The molecule has 0 saturated heterocycles. The summed E-state index contributed by atoms with van der Waals surface area (Å²) in [7, 11) is 3.67. The Balaban J connectivity index is 1.83. The van der Waals surface area contributed by atoms with Crippen molar-refractivity contribution in [2.45, 2.75) is 32.5 Å². The smallest absolute Gasteiger partial charge is 0.313 e. The van der Waals surface area contributed by atoms with Crippen LogP contribution in [0.5, 0.6) is 0 Å². The van der Waals surface area contributed by atoms with Crippen LogP contribution in [0.3, 0.4) is 0 Å². The Morgan fingerprint density at radius 1 is 0.975 bits per heavy atom. The number of rotatable bonds is 8. The summed E-state index contributed by atoms with van der Waals surface area (Å²) in [5.74, 6) is 0.297. The van der Waals surface area contributed by atoms with E-state index in [0.717, 1.165) is 18.1 Å². The summed E-state index contributed by atoms with van der Waals surface area (Å²) < 4.78 is 42.4. The number of para-hydroxylation sites is 2. The van der Waals surface area contributed by atoms with Crippen molar-refractivity contribution in [3.8, 4) is 5.69 Å². The van der Waals surface area contributed by atoms with E-state index in [0.29, 0.717) is 29.0 Å². The fraction of sp³-hybridized carbons (Fsp3) is 0.300. The average Bonchev–Trinajstić information content (AvgIpc) is 2.92. The number of hydrogen-bond donors (Lipinski definition) is 1. The van der Waals surface area contributed by atoms with Crippen LogP contribution < -0.4 is 10.9 Å². The largest absolute Gasteiger partial charge is 0.418 e. The minimum atomic E-state index is -4.64. The van der Waals surface area contributed by atoms with Crippen molar-refractivity contribution in [2.24, 2.45) is 0 Å². The Hall–Kier alpha value is -4.18. The van der Waals surface area contributed by atoms with Gasteiger partial charge in [0.05, 0.1) is 33.9 Å². The first-order chi connectivity index (χ1) is 19.0. The third-order valence-corrected chi connectivity index (χ3v) is 6.77. The molecule has 40 heavy (non-hydrogen) atoms. The Bertz CT molecular complexity index is 1550. The van der Waals surface area contributed by atoms with Gasteiger partial charge in [-0.05, 0) is 69.4 Å². The second kappa shape index (κ2) is 11.9. The molecule has 0 aliphatic carbocycles. The second-order valence-corrected chi connectivity index (χ2v) is 9.79. The van der Waals surface area contributed by atoms with Crippen LogP contribution >= 0.6 is 0 Å². The first-order valence-corrected chi connectivity index (χ1v) is 13.0. The second-order valence-electron chi connectivity index (χ2n) is 9.79. The number of aryl methyl sites for hydroxylation is 1. The maximum atomic E-state index is 13.8. The van der Waals surface area contributed by atoms with Crippen LogP contribution in [-0.2, 0) is 12.6 Å². The van der Waals surface area contributed by atoms with E-state index in [2.05, 4.69) is 5.32 Å². The molecule has 2 amide bonds. The lowest BCUT2D eigenvalue weighted by atomic mass is 10.1. The Labute approximate surface area is 230 Å². The van der Waals surface area contributed by atoms with Gasteiger partial charge in [0.25, 0.3) is 5.56 Å². The minimum absolute atomic E-state index is 0.172. The molecule has 0 aliphatic rings. The molecule has 3 aromatic carbocycles. The van der Waals surface area contributed by atoms with Gasteiger partial charge < -0.3 is 15.1 Å². The molecule has 1 heterocycles. The quantitative estimate of drug-likeness (QED) is 0.286. The highest BCUT2D eigenvalue weighted by molar-refractivity contribution is 5.90. The minimum Gasteiger partial charge on any atom is -0.313 e. The van der Waals surface area contributed by atoms with Crippen molar-refractivity contribution < 1.29 is 18.0 Å². The number of amides is 2. The van der Waals surface area contributed by atoms with Crippen molar-refractivity contribution in [1.82, 2.24) is 19.4 Å². The molecule has 10 heteroatoms. The van der Waals surface area contributed by atoms with E-state index in [1.54, 1.807) is 31.2 Å². The van der Waals surface area contributed by atoms with Gasteiger partial charge in [0, 0.05) is 13.1 Å². The van der Waals surface area contributed by atoms with E-state index in [9.17, 15) is 22.8 Å². The van der Waals surface area contributed by atoms with Gasteiger partial charge in [-0.2, -0.15) is 13.2 Å². The number of benzene rings is 3. The van der Waals surface area contributed by atoms with Gasteiger partial charge in [0.1, 0.15) is 5.82 Å². The van der Waals surface area contributed by atoms with E-state index < -0.39 is 23.8 Å². The molecule has 0 spiro atoms. The molecule has 0 fully saturated rings. The van der Waals surface area contributed by atoms with Gasteiger partial charge >= 0.3 is 12.2 Å². The van der Waals surface area contributed by atoms with Gasteiger partial charge in [-0.15, -0.1) is 0 Å². The van der Waals surface area contributed by atoms with E-state index in [1.165, 1.54) is 27.7 Å². The van der Waals surface area contributed by atoms with Crippen molar-refractivity contribution in [3.63, 3.8) is 0 Å². The lowest BCUT2D eigenvalue weighted by molar-refractivity contribution is -0.136. The molecule has 1 aromatic heterocycles. The number of urea groups is 1. The van der Waals surface area contributed by atoms with Gasteiger partial charge in [-0.25, -0.2) is 9.78 Å². The number of nitrogens with zero attached hydrogens (tertiary/aromatic N) is 4. The van der Waals surface area contributed by atoms with Crippen molar-refractivity contribution in [1.29, 1.82) is 0 Å². The topological polar surface area (TPSA) is 70.5 Å². The molecule has 4 rings (SSSR count). The predicted octanol–water partition coefficient (Wildman–Crippen LogP) is 6.12. The maximum absolute atomic E-state index is 13.8. The summed E-state index contributed by atoms with van der Waals surface area (Å²) in [6.45, 7) is 4.36. The lowest BCUT2D eigenvalue weighted by Crippen LogP contribution is -2.43. The zero-order chi connectivity index (χ0) is 29.0. The average molecular weight is 552 g/mol. The number of likely N-dealkylation sites (N-methyl/N-ethyl adjacent to an activating group) is 1. The van der Waals surface area contributed by atoms with Crippen molar-refractivity contribution in [2.75, 3.05) is 32.5 Å². The first-order valence-electron chi connectivity index (χ1n) is 13.0. The molecule has 0 bridgehead atoms. The van der Waals surface area contributed by atoms with Crippen LogP contribution in [-0.4, -0.2) is 52.6 Å². The van der Waals surface area contributed by atoms with Gasteiger partial charge in [0.2, 0.25) is 0 Å². The lowest BCUT2D eigenvalue weighted by Gasteiger charge is -2.32. The van der Waals surface area contributed by atoms with Crippen LogP contribution in [0.25, 0.3) is 16.6 Å². The summed E-state index contributed by atoms with van der Waals surface area (Å²) in [6.07, 6.45) is -3.82. The third-order valence-electron chi connectivity index (χ3n) is 6.77.